The molecule has 3 heteroatoms. The van der Waals surface area contributed by atoms with Crippen molar-refractivity contribution in [1.82, 2.24) is 5.32 Å². The van der Waals surface area contributed by atoms with Crippen molar-refractivity contribution in [3.05, 3.63) is 29.3 Å². The van der Waals surface area contributed by atoms with Crippen molar-refractivity contribution >= 4 is 0 Å². The SMILES string of the molecule is CC1(Oc2cccc3c2CCNC3)COC1. The summed E-state index contributed by atoms with van der Waals surface area (Å²) >= 11 is 0. The molecule has 0 atom stereocenters. The van der Waals surface area contributed by atoms with Crippen LogP contribution in [0.4, 0.5) is 0 Å². The summed E-state index contributed by atoms with van der Waals surface area (Å²) in [4.78, 5) is 0. The van der Waals surface area contributed by atoms with E-state index in [1.165, 1.54) is 11.1 Å². The molecule has 0 aliphatic carbocycles. The van der Waals surface area contributed by atoms with Crippen molar-refractivity contribution in [3.63, 3.8) is 0 Å². The van der Waals surface area contributed by atoms with Crippen molar-refractivity contribution < 1.29 is 9.47 Å². The second kappa shape index (κ2) is 3.75. The van der Waals surface area contributed by atoms with Crippen LogP contribution in [0.25, 0.3) is 0 Å². The quantitative estimate of drug-likeness (QED) is 0.817. The number of benzene rings is 1. The van der Waals surface area contributed by atoms with E-state index in [-0.39, 0.29) is 5.60 Å². The van der Waals surface area contributed by atoms with Crippen LogP contribution in [0, 0.1) is 0 Å². The zero-order valence-corrected chi connectivity index (χ0v) is 9.58. The minimum atomic E-state index is -0.111. The first-order valence-electron chi connectivity index (χ1n) is 5.85. The third kappa shape index (κ3) is 1.70. The number of rotatable bonds is 2. The van der Waals surface area contributed by atoms with Gasteiger partial charge in [0.15, 0.2) is 5.60 Å². The fourth-order valence-electron chi connectivity index (χ4n) is 2.31. The van der Waals surface area contributed by atoms with Gasteiger partial charge in [0.1, 0.15) is 5.75 Å². The Labute approximate surface area is 95.8 Å². The second-order valence-corrected chi connectivity index (χ2v) is 4.87. The van der Waals surface area contributed by atoms with Crippen LogP contribution in [0.2, 0.25) is 0 Å². The van der Waals surface area contributed by atoms with Crippen molar-refractivity contribution in [3.8, 4) is 5.75 Å². The molecule has 1 fully saturated rings. The van der Waals surface area contributed by atoms with E-state index in [1.807, 2.05) is 0 Å². The summed E-state index contributed by atoms with van der Waals surface area (Å²) in [6.07, 6.45) is 1.06. The molecule has 3 rings (SSSR count). The Hall–Kier alpha value is -1.06. The van der Waals surface area contributed by atoms with Crippen LogP contribution in [0.15, 0.2) is 18.2 Å². The molecule has 1 N–H and O–H groups in total. The van der Waals surface area contributed by atoms with Crippen LogP contribution < -0.4 is 10.1 Å². The molecule has 0 amide bonds. The van der Waals surface area contributed by atoms with E-state index < -0.39 is 0 Å². The number of nitrogens with one attached hydrogen (secondary N) is 1. The van der Waals surface area contributed by atoms with Gasteiger partial charge in [-0.25, -0.2) is 0 Å². The average molecular weight is 219 g/mol. The molecule has 0 radical (unpaired) electrons. The highest BCUT2D eigenvalue weighted by molar-refractivity contribution is 5.42. The molecule has 2 aliphatic rings. The molecule has 0 unspecified atom stereocenters. The van der Waals surface area contributed by atoms with Crippen LogP contribution in [-0.4, -0.2) is 25.4 Å². The number of hydrogen-bond acceptors (Lipinski definition) is 3. The first kappa shape index (κ1) is 10.1. The second-order valence-electron chi connectivity index (χ2n) is 4.87. The predicted molar refractivity (Wildman–Crippen MR) is 61.7 cm³/mol. The zero-order chi connectivity index (χ0) is 11.0. The first-order valence-corrected chi connectivity index (χ1v) is 5.85. The van der Waals surface area contributed by atoms with Gasteiger partial charge < -0.3 is 14.8 Å². The predicted octanol–water partition coefficient (Wildman–Crippen LogP) is 1.50. The van der Waals surface area contributed by atoms with Crippen molar-refractivity contribution in [2.24, 2.45) is 0 Å². The highest BCUT2D eigenvalue weighted by Gasteiger charge is 2.36. The largest absolute Gasteiger partial charge is 0.482 e. The van der Waals surface area contributed by atoms with E-state index >= 15 is 0 Å². The molecule has 1 aromatic rings. The summed E-state index contributed by atoms with van der Waals surface area (Å²) in [6, 6.07) is 6.33. The summed E-state index contributed by atoms with van der Waals surface area (Å²) in [5.74, 6) is 1.05. The lowest BCUT2D eigenvalue weighted by molar-refractivity contribution is -0.150. The minimum Gasteiger partial charge on any atom is -0.482 e. The number of ether oxygens (including phenoxy) is 2. The van der Waals surface area contributed by atoms with Gasteiger partial charge >= 0.3 is 0 Å². The maximum atomic E-state index is 6.08. The highest BCUT2D eigenvalue weighted by Crippen LogP contribution is 2.31. The molecule has 2 aliphatic heterocycles. The van der Waals surface area contributed by atoms with Crippen LogP contribution in [0.5, 0.6) is 5.75 Å². The molecule has 1 aromatic carbocycles. The molecule has 1 saturated heterocycles. The first-order chi connectivity index (χ1) is 7.77. The average Bonchev–Trinajstić information content (AvgIpc) is 2.27. The topological polar surface area (TPSA) is 30.5 Å². The normalized spacial score (nSPS) is 22.1. The monoisotopic (exact) mass is 219 g/mol. The smallest absolute Gasteiger partial charge is 0.152 e. The van der Waals surface area contributed by atoms with E-state index in [0.717, 1.165) is 25.3 Å². The molecule has 86 valence electrons. The Bertz CT molecular complexity index is 399. The van der Waals surface area contributed by atoms with E-state index in [0.29, 0.717) is 13.2 Å². The molecule has 16 heavy (non-hydrogen) atoms. The number of hydrogen-bond donors (Lipinski definition) is 1. The van der Waals surface area contributed by atoms with E-state index in [2.05, 4.69) is 30.4 Å². The molecule has 2 heterocycles. The fraction of sp³-hybridized carbons (Fsp3) is 0.538. The van der Waals surface area contributed by atoms with E-state index in [1.54, 1.807) is 0 Å². The van der Waals surface area contributed by atoms with Gasteiger partial charge in [-0.05, 0) is 37.1 Å². The van der Waals surface area contributed by atoms with Crippen LogP contribution in [0.1, 0.15) is 18.1 Å². The molecule has 0 spiro atoms. The summed E-state index contributed by atoms with van der Waals surface area (Å²) in [5, 5.41) is 3.38. The molecule has 0 saturated carbocycles. The summed E-state index contributed by atoms with van der Waals surface area (Å²) in [6.45, 7) is 5.52. The lowest BCUT2D eigenvalue weighted by Gasteiger charge is -2.39. The molecule has 3 nitrogen and oxygen atoms in total. The maximum Gasteiger partial charge on any atom is 0.152 e. The van der Waals surface area contributed by atoms with Gasteiger partial charge in [-0.15, -0.1) is 0 Å². The third-order valence-electron chi connectivity index (χ3n) is 3.27. The van der Waals surface area contributed by atoms with Gasteiger partial charge in [0.25, 0.3) is 0 Å². The van der Waals surface area contributed by atoms with Crippen LogP contribution >= 0.6 is 0 Å². The third-order valence-corrected chi connectivity index (χ3v) is 3.27. The molecular formula is C13H17NO2. The molecule has 0 aromatic heterocycles. The van der Waals surface area contributed by atoms with Gasteiger partial charge in [0.2, 0.25) is 0 Å². The van der Waals surface area contributed by atoms with Crippen molar-refractivity contribution in [2.45, 2.75) is 25.5 Å². The summed E-state index contributed by atoms with van der Waals surface area (Å²) in [5.41, 5.74) is 2.63. The van der Waals surface area contributed by atoms with Gasteiger partial charge in [-0.1, -0.05) is 12.1 Å². The zero-order valence-electron chi connectivity index (χ0n) is 9.58. The maximum absolute atomic E-state index is 6.08. The van der Waals surface area contributed by atoms with Crippen molar-refractivity contribution in [1.29, 1.82) is 0 Å². The van der Waals surface area contributed by atoms with Crippen LogP contribution in [0.3, 0.4) is 0 Å². The van der Waals surface area contributed by atoms with Crippen molar-refractivity contribution in [2.75, 3.05) is 19.8 Å². The van der Waals surface area contributed by atoms with Gasteiger partial charge in [0.05, 0.1) is 13.2 Å². The molecule has 0 bridgehead atoms. The Morgan fingerprint density at radius 3 is 3.00 bits per heavy atom. The Kier molecular flexibility index (Phi) is 2.37. The molecular weight excluding hydrogens is 202 g/mol. The van der Waals surface area contributed by atoms with Crippen LogP contribution in [-0.2, 0) is 17.7 Å². The van der Waals surface area contributed by atoms with E-state index in [4.69, 9.17) is 9.47 Å². The summed E-state index contributed by atoms with van der Waals surface area (Å²) in [7, 11) is 0. The van der Waals surface area contributed by atoms with Gasteiger partial charge in [-0.3, -0.25) is 0 Å². The Morgan fingerprint density at radius 2 is 2.25 bits per heavy atom. The van der Waals surface area contributed by atoms with Gasteiger partial charge in [0, 0.05) is 6.54 Å². The standard InChI is InChI=1S/C13H17NO2/c1-13(8-15-9-13)16-12-4-2-3-10-7-14-6-5-11(10)12/h2-4,14H,5-9H2,1H3. The van der Waals surface area contributed by atoms with E-state index in [9.17, 15) is 0 Å². The minimum absolute atomic E-state index is 0.111. The Morgan fingerprint density at radius 1 is 1.38 bits per heavy atom. The van der Waals surface area contributed by atoms with Gasteiger partial charge in [-0.2, -0.15) is 0 Å². The number of fused-ring (bicyclic) bond motifs is 1. The Balaban J connectivity index is 1.88. The highest BCUT2D eigenvalue weighted by atomic mass is 16.6. The fourth-order valence-corrected chi connectivity index (χ4v) is 2.31. The lowest BCUT2D eigenvalue weighted by atomic mass is 9.99. The summed E-state index contributed by atoms with van der Waals surface area (Å²) < 4.78 is 11.3. The lowest BCUT2D eigenvalue weighted by Crippen LogP contribution is -2.51.